The zero-order chi connectivity index (χ0) is 15.5. The molecule has 116 valence electrons. The monoisotopic (exact) mass is 297 g/mol. The number of nitrogen functional groups attached to an aromatic ring is 1. The van der Waals surface area contributed by atoms with Crippen molar-refractivity contribution in [3.63, 3.8) is 0 Å². The van der Waals surface area contributed by atoms with Crippen LogP contribution in [0, 0.1) is 0 Å². The van der Waals surface area contributed by atoms with Gasteiger partial charge >= 0.3 is 0 Å². The Balaban J connectivity index is 1.67. The maximum atomic E-state index is 5.87. The zero-order valence-corrected chi connectivity index (χ0v) is 13.0. The maximum Gasteiger partial charge on any atom is 0.119 e. The highest BCUT2D eigenvalue weighted by atomic mass is 16.5. The van der Waals surface area contributed by atoms with Crippen LogP contribution < -0.4 is 21.3 Å². The summed E-state index contributed by atoms with van der Waals surface area (Å²) in [6.45, 7) is 4.07. The molecule has 0 spiro atoms. The molecule has 3 rings (SSSR count). The average molecular weight is 297 g/mol. The van der Waals surface area contributed by atoms with Gasteiger partial charge in [-0.3, -0.25) is 0 Å². The molecule has 1 fully saturated rings. The molecule has 2 atom stereocenters. The molecule has 0 aromatic heterocycles. The van der Waals surface area contributed by atoms with Crippen LogP contribution in [0.3, 0.4) is 0 Å². The van der Waals surface area contributed by atoms with Gasteiger partial charge in [-0.2, -0.15) is 0 Å². The molecular weight excluding hydrogens is 274 g/mol. The van der Waals surface area contributed by atoms with Gasteiger partial charge in [0.1, 0.15) is 5.75 Å². The Morgan fingerprint density at radius 3 is 2.32 bits per heavy atom. The predicted molar refractivity (Wildman–Crippen MR) is 89.4 cm³/mol. The van der Waals surface area contributed by atoms with Crippen LogP contribution in [0.1, 0.15) is 43.5 Å². The van der Waals surface area contributed by atoms with Gasteiger partial charge in [-0.25, -0.2) is 10.9 Å². The van der Waals surface area contributed by atoms with Crippen molar-refractivity contribution in [2.24, 2.45) is 0 Å². The van der Waals surface area contributed by atoms with Gasteiger partial charge in [0.2, 0.25) is 0 Å². The van der Waals surface area contributed by atoms with Crippen molar-refractivity contribution in [1.82, 2.24) is 10.9 Å². The van der Waals surface area contributed by atoms with Crippen LogP contribution in [0.25, 0.3) is 0 Å². The van der Waals surface area contributed by atoms with Crippen molar-refractivity contribution < 1.29 is 4.74 Å². The summed E-state index contributed by atoms with van der Waals surface area (Å²) in [5.41, 5.74) is 15.9. The summed E-state index contributed by atoms with van der Waals surface area (Å²) < 4.78 is 5.69. The molecule has 1 saturated heterocycles. The van der Waals surface area contributed by atoms with Crippen molar-refractivity contribution in [1.29, 1.82) is 0 Å². The van der Waals surface area contributed by atoms with Crippen LogP contribution in [-0.4, -0.2) is 6.10 Å². The van der Waals surface area contributed by atoms with E-state index in [0.29, 0.717) is 6.04 Å². The van der Waals surface area contributed by atoms with Gasteiger partial charge < -0.3 is 10.5 Å². The van der Waals surface area contributed by atoms with Crippen LogP contribution in [0.4, 0.5) is 5.69 Å². The van der Waals surface area contributed by atoms with Gasteiger partial charge in [-0.05, 0) is 55.7 Å². The van der Waals surface area contributed by atoms with Crippen molar-refractivity contribution in [2.45, 2.75) is 38.5 Å². The number of anilines is 1. The number of nitrogens with one attached hydrogen (secondary N) is 2. The first-order valence-electron chi connectivity index (χ1n) is 7.75. The Kier molecular flexibility index (Phi) is 4.32. The summed E-state index contributed by atoms with van der Waals surface area (Å²) in [7, 11) is 0. The van der Waals surface area contributed by atoms with Gasteiger partial charge in [0, 0.05) is 17.8 Å². The number of nitrogens with two attached hydrogens (primary N) is 1. The molecule has 4 nitrogen and oxygen atoms in total. The molecule has 0 aliphatic carbocycles. The lowest BCUT2D eigenvalue weighted by molar-refractivity contribution is 0.242. The van der Waals surface area contributed by atoms with E-state index >= 15 is 0 Å². The Bertz CT molecular complexity index is 624. The number of hydrogen-bond donors (Lipinski definition) is 3. The van der Waals surface area contributed by atoms with Crippen molar-refractivity contribution in [3.05, 3.63) is 59.7 Å². The van der Waals surface area contributed by atoms with E-state index in [4.69, 9.17) is 10.5 Å². The molecule has 1 heterocycles. The molecule has 22 heavy (non-hydrogen) atoms. The molecule has 2 unspecified atom stereocenters. The highest BCUT2D eigenvalue weighted by Gasteiger charge is 2.26. The van der Waals surface area contributed by atoms with E-state index in [2.05, 4.69) is 29.1 Å². The number of ether oxygens (including phenoxy) is 1. The smallest absolute Gasteiger partial charge is 0.119 e. The van der Waals surface area contributed by atoms with Crippen molar-refractivity contribution in [3.8, 4) is 5.75 Å². The maximum absolute atomic E-state index is 5.87. The Labute approximate surface area is 131 Å². The fourth-order valence-electron chi connectivity index (χ4n) is 2.82. The zero-order valence-electron chi connectivity index (χ0n) is 13.0. The fraction of sp³-hybridized carbons (Fsp3) is 0.333. The van der Waals surface area contributed by atoms with Crippen LogP contribution in [0.5, 0.6) is 5.75 Å². The summed E-state index contributed by atoms with van der Waals surface area (Å²) in [5.74, 6) is 0.914. The van der Waals surface area contributed by atoms with Gasteiger partial charge in [-0.1, -0.05) is 24.3 Å². The standard InChI is InChI=1S/C18H23N3O/c1-12(2)22-16-8-6-13(7-9-16)17-11-18(21-20-17)14-4-3-5-15(19)10-14/h3-10,12,17-18,20-21H,11,19H2,1-2H3. The van der Waals surface area contributed by atoms with Crippen molar-refractivity contribution in [2.75, 3.05) is 5.73 Å². The summed E-state index contributed by atoms with van der Waals surface area (Å²) in [6.07, 6.45) is 1.19. The highest BCUT2D eigenvalue weighted by molar-refractivity contribution is 5.42. The molecule has 1 aliphatic heterocycles. The summed E-state index contributed by atoms with van der Waals surface area (Å²) in [5, 5.41) is 0. The van der Waals surface area contributed by atoms with E-state index in [1.165, 1.54) is 11.1 Å². The number of rotatable bonds is 4. The lowest BCUT2D eigenvalue weighted by Crippen LogP contribution is -2.26. The minimum Gasteiger partial charge on any atom is -0.491 e. The second kappa shape index (κ2) is 6.38. The van der Waals surface area contributed by atoms with E-state index in [1.54, 1.807) is 0 Å². The summed E-state index contributed by atoms with van der Waals surface area (Å²) in [6, 6.07) is 16.9. The SMILES string of the molecule is CC(C)Oc1ccc(C2CC(c3cccc(N)c3)NN2)cc1. The van der Waals surface area contributed by atoms with Crippen LogP contribution in [0.15, 0.2) is 48.5 Å². The number of hydrogen-bond acceptors (Lipinski definition) is 4. The average Bonchev–Trinajstić information content (AvgIpc) is 2.97. The molecule has 2 aromatic carbocycles. The second-order valence-corrected chi connectivity index (χ2v) is 6.04. The second-order valence-electron chi connectivity index (χ2n) is 6.04. The minimum absolute atomic E-state index is 0.199. The number of benzene rings is 2. The summed E-state index contributed by atoms with van der Waals surface area (Å²) >= 11 is 0. The molecule has 4 N–H and O–H groups in total. The Morgan fingerprint density at radius 2 is 1.68 bits per heavy atom. The van der Waals surface area contributed by atoms with E-state index < -0.39 is 0 Å². The van der Waals surface area contributed by atoms with Crippen LogP contribution >= 0.6 is 0 Å². The molecule has 1 aliphatic rings. The first-order chi connectivity index (χ1) is 10.6. The largest absolute Gasteiger partial charge is 0.491 e. The van der Waals surface area contributed by atoms with Crippen molar-refractivity contribution >= 4 is 5.69 Å². The Morgan fingerprint density at radius 1 is 1.00 bits per heavy atom. The Hall–Kier alpha value is -2.04. The fourth-order valence-corrected chi connectivity index (χ4v) is 2.82. The molecule has 0 amide bonds. The molecule has 4 heteroatoms. The predicted octanol–water partition coefficient (Wildman–Crippen LogP) is 3.34. The minimum atomic E-state index is 0.199. The lowest BCUT2D eigenvalue weighted by atomic mass is 9.97. The van der Waals surface area contributed by atoms with Crippen LogP contribution in [0.2, 0.25) is 0 Å². The quantitative estimate of drug-likeness (QED) is 0.758. The third-order valence-corrected chi connectivity index (χ3v) is 3.87. The first-order valence-corrected chi connectivity index (χ1v) is 7.75. The molecule has 0 saturated carbocycles. The highest BCUT2D eigenvalue weighted by Crippen LogP contribution is 2.32. The van der Waals surface area contributed by atoms with Gasteiger partial charge in [0.05, 0.1) is 6.10 Å². The van der Waals surface area contributed by atoms with E-state index in [0.717, 1.165) is 17.9 Å². The first kappa shape index (κ1) is 14.9. The van der Waals surface area contributed by atoms with Gasteiger partial charge in [0.25, 0.3) is 0 Å². The third kappa shape index (κ3) is 3.40. The third-order valence-electron chi connectivity index (χ3n) is 3.87. The number of hydrazine groups is 1. The molecule has 0 bridgehead atoms. The molecule has 0 radical (unpaired) electrons. The molecular formula is C18H23N3O. The van der Waals surface area contributed by atoms with E-state index in [-0.39, 0.29) is 12.1 Å². The normalized spacial score (nSPS) is 21.2. The van der Waals surface area contributed by atoms with E-state index in [9.17, 15) is 0 Å². The summed E-state index contributed by atoms with van der Waals surface area (Å²) in [4.78, 5) is 0. The van der Waals surface area contributed by atoms with Gasteiger partial charge in [-0.15, -0.1) is 0 Å². The topological polar surface area (TPSA) is 59.3 Å². The van der Waals surface area contributed by atoms with E-state index in [1.807, 2.05) is 44.2 Å². The lowest BCUT2D eigenvalue weighted by Gasteiger charge is -2.13. The molecule has 2 aromatic rings. The van der Waals surface area contributed by atoms with Crippen LogP contribution in [-0.2, 0) is 0 Å². The van der Waals surface area contributed by atoms with Gasteiger partial charge in [0.15, 0.2) is 0 Å².